The van der Waals surface area contributed by atoms with Gasteiger partial charge in [-0.05, 0) is 12.5 Å². The maximum absolute atomic E-state index is 5.73. The van der Waals surface area contributed by atoms with Gasteiger partial charge in [-0.15, -0.1) is 0 Å². The lowest BCUT2D eigenvalue weighted by molar-refractivity contribution is 0.586. The van der Waals surface area contributed by atoms with Crippen molar-refractivity contribution in [2.45, 2.75) is 38.5 Å². The van der Waals surface area contributed by atoms with Gasteiger partial charge in [0.05, 0.1) is 0 Å². The zero-order chi connectivity index (χ0) is 6.57. The highest BCUT2D eigenvalue weighted by Crippen LogP contribution is 2.06. The summed E-state index contributed by atoms with van der Waals surface area (Å²) in [5.41, 5.74) is 5.73. The van der Waals surface area contributed by atoms with Gasteiger partial charge in [0.15, 0.2) is 0 Å². The lowest BCUT2D eigenvalue weighted by atomic mass is 9.81. The van der Waals surface area contributed by atoms with Gasteiger partial charge in [-0.2, -0.15) is 0 Å². The Bertz CT molecular complexity index is 54.5. The molecule has 2 atom stereocenters. The summed E-state index contributed by atoms with van der Waals surface area (Å²) >= 11 is 0. The first kappa shape index (κ1) is 8.02. The molecule has 0 amide bonds. The fourth-order valence-corrected chi connectivity index (χ4v) is 0.667. The van der Waals surface area contributed by atoms with Crippen molar-refractivity contribution in [2.24, 2.45) is 5.73 Å². The first-order valence-electron chi connectivity index (χ1n) is 3.44. The molecule has 0 saturated carbocycles. The third-order valence-corrected chi connectivity index (χ3v) is 1.48. The molecule has 2 heteroatoms. The van der Waals surface area contributed by atoms with Crippen LogP contribution in [0.2, 0.25) is 5.82 Å². The lowest BCUT2D eigenvalue weighted by Crippen LogP contribution is -2.23. The first-order chi connectivity index (χ1) is 3.68. The van der Waals surface area contributed by atoms with E-state index in [1.165, 1.54) is 6.42 Å². The second kappa shape index (κ2) is 3.96. The maximum atomic E-state index is 5.73. The minimum Gasteiger partial charge on any atom is -0.328 e. The fraction of sp³-hybridized carbons (Fsp3) is 1.00. The van der Waals surface area contributed by atoms with E-state index < -0.39 is 0 Å². The minimum absolute atomic E-state index is 0.417. The van der Waals surface area contributed by atoms with Crippen LogP contribution < -0.4 is 5.73 Å². The summed E-state index contributed by atoms with van der Waals surface area (Å²) in [5, 5.41) is 0. The summed E-state index contributed by atoms with van der Waals surface area (Å²) in [7, 11) is 2.17. The Balaban J connectivity index is 3.17. The SMILES string of the molecule is BC(C)[C@H](N)CCC. The quantitative estimate of drug-likeness (QED) is 0.531. The predicted octanol–water partition coefficient (Wildman–Crippen LogP) is 0.555. The van der Waals surface area contributed by atoms with Crippen LogP contribution in [0.4, 0.5) is 0 Å². The molecule has 8 heavy (non-hydrogen) atoms. The zero-order valence-electron chi connectivity index (χ0n) is 6.15. The Morgan fingerprint density at radius 1 is 1.62 bits per heavy atom. The molecule has 1 nitrogen and oxygen atoms in total. The van der Waals surface area contributed by atoms with E-state index in [0.717, 1.165) is 6.42 Å². The molecule has 1 unspecified atom stereocenters. The molecule has 0 rings (SSSR count). The van der Waals surface area contributed by atoms with Gasteiger partial charge in [0.25, 0.3) is 0 Å². The van der Waals surface area contributed by atoms with Gasteiger partial charge in [-0.25, -0.2) is 0 Å². The van der Waals surface area contributed by atoms with Crippen molar-refractivity contribution in [1.29, 1.82) is 0 Å². The number of hydrogen-bond acceptors (Lipinski definition) is 1. The van der Waals surface area contributed by atoms with E-state index in [1.807, 2.05) is 0 Å². The van der Waals surface area contributed by atoms with Gasteiger partial charge < -0.3 is 5.73 Å². The van der Waals surface area contributed by atoms with Crippen LogP contribution in [0.25, 0.3) is 0 Å². The molecule has 0 heterocycles. The van der Waals surface area contributed by atoms with Crippen molar-refractivity contribution in [1.82, 2.24) is 0 Å². The highest BCUT2D eigenvalue weighted by atomic mass is 14.6. The number of hydrogen-bond donors (Lipinski definition) is 1. The average Bonchev–Trinajstić information content (AvgIpc) is 1.67. The molecule has 0 saturated heterocycles. The van der Waals surface area contributed by atoms with Gasteiger partial charge in [-0.1, -0.05) is 26.1 Å². The number of rotatable bonds is 3. The Morgan fingerprint density at radius 2 is 2.12 bits per heavy atom. The number of nitrogens with two attached hydrogens (primary N) is 1. The van der Waals surface area contributed by atoms with Crippen LogP contribution >= 0.6 is 0 Å². The Hall–Kier alpha value is 0.0249. The Morgan fingerprint density at radius 3 is 2.25 bits per heavy atom. The van der Waals surface area contributed by atoms with E-state index in [-0.39, 0.29) is 0 Å². The smallest absolute Gasteiger partial charge is 0.107 e. The van der Waals surface area contributed by atoms with Crippen LogP contribution in [0.15, 0.2) is 0 Å². The normalized spacial score (nSPS) is 17.9. The molecule has 0 radical (unpaired) electrons. The molecular weight excluding hydrogens is 96.9 g/mol. The van der Waals surface area contributed by atoms with E-state index in [1.54, 1.807) is 0 Å². The lowest BCUT2D eigenvalue weighted by Gasteiger charge is -2.12. The summed E-state index contributed by atoms with van der Waals surface area (Å²) < 4.78 is 0. The molecule has 2 N–H and O–H groups in total. The molecular formula is C6H16BN. The van der Waals surface area contributed by atoms with Crippen LogP contribution in [0, 0.1) is 0 Å². The van der Waals surface area contributed by atoms with Crippen LogP contribution in [0.5, 0.6) is 0 Å². The van der Waals surface area contributed by atoms with Gasteiger partial charge in [-0.3, -0.25) is 0 Å². The molecule has 0 aliphatic carbocycles. The molecule has 0 aromatic heterocycles. The predicted molar refractivity (Wildman–Crippen MR) is 40.9 cm³/mol. The van der Waals surface area contributed by atoms with Crippen molar-refractivity contribution in [3.63, 3.8) is 0 Å². The van der Waals surface area contributed by atoms with E-state index in [2.05, 4.69) is 21.7 Å². The first-order valence-corrected chi connectivity index (χ1v) is 3.44. The second-order valence-electron chi connectivity index (χ2n) is 2.70. The van der Waals surface area contributed by atoms with E-state index >= 15 is 0 Å². The third kappa shape index (κ3) is 3.08. The molecule has 48 valence electrons. The van der Waals surface area contributed by atoms with E-state index in [4.69, 9.17) is 5.73 Å². The van der Waals surface area contributed by atoms with Crippen LogP contribution in [-0.4, -0.2) is 13.9 Å². The highest BCUT2D eigenvalue weighted by Gasteiger charge is 2.03. The molecule has 0 aromatic carbocycles. The molecule has 0 aliphatic heterocycles. The summed E-state index contributed by atoms with van der Waals surface area (Å²) in [5.74, 6) is 0.648. The van der Waals surface area contributed by atoms with Gasteiger partial charge in [0, 0.05) is 0 Å². The van der Waals surface area contributed by atoms with E-state index in [0.29, 0.717) is 11.9 Å². The third-order valence-electron chi connectivity index (χ3n) is 1.48. The van der Waals surface area contributed by atoms with Crippen molar-refractivity contribution >= 4 is 7.85 Å². The van der Waals surface area contributed by atoms with Crippen molar-refractivity contribution in [2.75, 3.05) is 0 Å². The zero-order valence-corrected chi connectivity index (χ0v) is 6.15. The molecule has 0 fully saturated rings. The van der Waals surface area contributed by atoms with Gasteiger partial charge in [0.2, 0.25) is 0 Å². The molecule has 0 aromatic rings. The van der Waals surface area contributed by atoms with Crippen LogP contribution in [0.1, 0.15) is 26.7 Å². The minimum atomic E-state index is 0.417. The maximum Gasteiger partial charge on any atom is 0.107 e. The monoisotopic (exact) mass is 113 g/mol. The summed E-state index contributed by atoms with van der Waals surface area (Å²) in [6.07, 6.45) is 2.37. The summed E-state index contributed by atoms with van der Waals surface area (Å²) in [6.45, 7) is 4.34. The van der Waals surface area contributed by atoms with Gasteiger partial charge >= 0.3 is 0 Å². The second-order valence-corrected chi connectivity index (χ2v) is 2.70. The van der Waals surface area contributed by atoms with Crippen LogP contribution in [-0.2, 0) is 0 Å². The molecule has 0 aliphatic rings. The summed E-state index contributed by atoms with van der Waals surface area (Å²) in [6, 6.07) is 0.417. The average molecular weight is 113 g/mol. The summed E-state index contributed by atoms with van der Waals surface area (Å²) in [4.78, 5) is 0. The van der Waals surface area contributed by atoms with E-state index in [9.17, 15) is 0 Å². The Kier molecular flexibility index (Phi) is 3.97. The Labute approximate surface area is 53.1 Å². The van der Waals surface area contributed by atoms with Crippen LogP contribution in [0.3, 0.4) is 0 Å². The fourth-order valence-electron chi connectivity index (χ4n) is 0.667. The molecule has 0 spiro atoms. The van der Waals surface area contributed by atoms with Gasteiger partial charge in [0.1, 0.15) is 7.85 Å². The standard InChI is InChI=1S/C6H16BN/c1-3-4-6(8)5(2)7/h5-6H,3-4,7-8H2,1-2H3/t5?,6-/m1/s1. The highest BCUT2D eigenvalue weighted by molar-refractivity contribution is 6.11. The topological polar surface area (TPSA) is 26.0 Å². The largest absolute Gasteiger partial charge is 0.328 e. The van der Waals surface area contributed by atoms with Crippen molar-refractivity contribution in [3.05, 3.63) is 0 Å². The molecule has 0 bridgehead atoms. The van der Waals surface area contributed by atoms with Crippen molar-refractivity contribution < 1.29 is 0 Å². The van der Waals surface area contributed by atoms with Crippen molar-refractivity contribution in [3.8, 4) is 0 Å².